The third-order valence-corrected chi connectivity index (χ3v) is 4.56. The molecule has 8 heteroatoms. The molecule has 3 heterocycles. The summed E-state index contributed by atoms with van der Waals surface area (Å²) in [5.74, 6) is 1.30. The van der Waals surface area contributed by atoms with Crippen molar-refractivity contribution in [1.82, 2.24) is 19.9 Å². The molecule has 0 atom stereocenters. The summed E-state index contributed by atoms with van der Waals surface area (Å²) in [6.45, 7) is 1.56. The second kappa shape index (κ2) is 7.63. The molecule has 0 radical (unpaired) electrons. The Labute approximate surface area is 156 Å². The largest absolute Gasteiger partial charge is 0.381 e. The first-order valence-electron chi connectivity index (χ1n) is 9.02. The molecule has 1 amide bonds. The van der Waals surface area contributed by atoms with Crippen LogP contribution in [0.3, 0.4) is 0 Å². The Bertz CT molecular complexity index is 931. The second-order valence-corrected chi connectivity index (χ2v) is 6.43. The van der Waals surface area contributed by atoms with Gasteiger partial charge in [0.1, 0.15) is 5.82 Å². The molecule has 3 aromatic rings. The topological polar surface area (TPSA) is 92.6 Å². The minimum atomic E-state index is -0.115. The van der Waals surface area contributed by atoms with E-state index in [4.69, 9.17) is 4.74 Å². The van der Waals surface area contributed by atoms with Crippen LogP contribution in [0.15, 0.2) is 42.5 Å². The number of anilines is 3. The maximum atomic E-state index is 11.6. The van der Waals surface area contributed by atoms with Crippen LogP contribution in [0.2, 0.25) is 0 Å². The molecule has 0 aliphatic carbocycles. The van der Waals surface area contributed by atoms with Crippen LogP contribution in [0.1, 0.15) is 23.2 Å². The molecular weight excluding hydrogens is 344 g/mol. The Morgan fingerprint density at radius 1 is 1.15 bits per heavy atom. The van der Waals surface area contributed by atoms with Crippen molar-refractivity contribution < 1.29 is 9.53 Å². The van der Waals surface area contributed by atoms with Gasteiger partial charge in [0.05, 0.1) is 0 Å². The van der Waals surface area contributed by atoms with E-state index >= 15 is 0 Å². The van der Waals surface area contributed by atoms with Crippen LogP contribution in [0.25, 0.3) is 5.65 Å². The van der Waals surface area contributed by atoms with Crippen LogP contribution < -0.4 is 16.0 Å². The van der Waals surface area contributed by atoms with Gasteiger partial charge in [-0.1, -0.05) is 6.07 Å². The van der Waals surface area contributed by atoms with Gasteiger partial charge in [-0.25, -0.2) is 0 Å². The highest BCUT2D eigenvalue weighted by molar-refractivity contribution is 5.94. The van der Waals surface area contributed by atoms with Gasteiger partial charge in [0.25, 0.3) is 5.91 Å². The first-order chi connectivity index (χ1) is 13.2. The Balaban J connectivity index is 1.52. The molecule has 0 saturated carbocycles. The van der Waals surface area contributed by atoms with Crippen LogP contribution in [0.5, 0.6) is 0 Å². The lowest BCUT2D eigenvalue weighted by Crippen LogP contribution is -2.28. The lowest BCUT2D eigenvalue weighted by atomic mass is 10.1. The van der Waals surface area contributed by atoms with E-state index in [-0.39, 0.29) is 5.91 Å². The molecule has 8 nitrogen and oxygen atoms in total. The zero-order chi connectivity index (χ0) is 18.6. The summed E-state index contributed by atoms with van der Waals surface area (Å²) in [5.41, 5.74) is 2.18. The normalized spacial score (nSPS) is 14.9. The number of carbonyl (C=O) groups is 1. The SMILES string of the molecule is CNC(=O)c1ccc(Nc2nc3cccc(NC4CCOCC4)n3n2)cc1. The van der Waals surface area contributed by atoms with Crippen molar-refractivity contribution in [3.05, 3.63) is 48.0 Å². The van der Waals surface area contributed by atoms with Crippen molar-refractivity contribution in [3.63, 3.8) is 0 Å². The van der Waals surface area contributed by atoms with Gasteiger partial charge >= 0.3 is 0 Å². The molecule has 27 heavy (non-hydrogen) atoms. The van der Waals surface area contributed by atoms with E-state index < -0.39 is 0 Å². The standard InChI is InChI=1S/C19H22N6O2/c1-20-18(26)13-5-7-14(8-6-13)22-19-23-17-4-2-3-16(25(17)24-19)21-15-9-11-27-12-10-15/h2-8,15,21H,9-12H2,1H3,(H,20,26)(H,22,24). The molecule has 140 valence electrons. The molecule has 1 aliphatic rings. The third-order valence-electron chi connectivity index (χ3n) is 4.56. The predicted molar refractivity (Wildman–Crippen MR) is 104 cm³/mol. The molecule has 1 fully saturated rings. The number of benzene rings is 1. The van der Waals surface area contributed by atoms with Crippen LogP contribution in [0.4, 0.5) is 17.5 Å². The van der Waals surface area contributed by atoms with Gasteiger partial charge in [-0.15, -0.1) is 5.10 Å². The highest BCUT2D eigenvalue weighted by Gasteiger charge is 2.15. The van der Waals surface area contributed by atoms with Crippen LogP contribution >= 0.6 is 0 Å². The van der Waals surface area contributed by atoms with E-state index in [2.05, 4.69) is 26.0 Å². The molecule has 1 aliphatic heterocycles. The van der Waals surface area contributed by atoms with Crippen molar-refractivity contribution in [2.24, 2.45) is 0 Å². The minimum absolute atomic E-state index is 0.115. The number of hydrogen-bond acceptors (Lipinski definition) is 6. The molecule has 0 unspecified atom stereocenters. The van der Waals surface area contributed by atoms with Crippen molar-refractivity contribution in [2.45, 2.75) is 18.9 Å². The summed E-state index contributed by atoms with van der Waals surface area (Å²) >= 11 is 0. The van der Waals surface area contributed by atoms with Crippen LogP contribution in [-0.4, -0.2) is 46.8 Å². The number of nitrogens with zero attached hydrogens (tertiary/aromatic N) is 3. The Morgan fingerprint density at radius 3 is 2.67 bits per heavy atom. The summed E-state index contributed by atoms with van der Waals surface area (Å²) in [4.78, 5) is 16.2. The number of nitrogens with one attached hydrogen (secondary N) is 3. The number of fused-ring (bicyclic) bond motifs is 1. The van der Waals surface area contributed by atoms with Gasteiger partial charge in [-0.3, -0.25) is 4.79 Å². The molecule has 1 aromatic carbocycles. The zero-order valence-electron chi connectivity index (χ0n) is 15.1. The van der Waals surface area contributed by atoms with Gasteiger partial charge in [0, 0.05) is 37.6 Å². The fourth-order valence-corrected chi connectivity index (χ4v) is 3.10. The number of ether oxygens (including phenoxy) is 1. The first-order valence-corrected chi connectivity index (χ1v) is 9.02. The van der Waals surface area contributed by atoms with Gasteiger partial charge in [-0.05, 0) is 49.2 Å². The minimum Gasteiger partial charge on any atom is -0.381 e. The average molecular weight is 366 g/mol. The molecule has 0 spiro atoms. The van der Waals surface area contributed by atoms with Crippen molar-refractivity contribution in [2.75, 3.05) is 30.9 Å². The van der Waals surface area contributed by atoms with Crippen LogP contribution in [0, 0.1) is 0 Å². The molecule has 0 bridgehead atoms. The summed E-state index contributed by atoms with van der Waals surface area (Å²) in [7, 11) is 1.61. The van der Waals surface area contributed by atoms with Crippen molar-refractivity contribution in [3.8, 4) is 0 Å². The highest BCUT2D eigenvalue weighted by atomic mass is 16.5. The fourth-order valence-electron chi connectivity index (χ4n) is 3.10. The first kappa shape index (κ1) is 17.3. The number of amides is 1. The van der Waals surface area contributed by atoms with Crippen molar-refractivity contribution in [1.29, 1.82) is 0 Å². The maximum absolute atomic E-state index is 11.6. The quantitative estimate of drug-likeness (QED) is 0.642. The molecule has 1 saturated heterocycles. The van der Waals surface area contributed by atoms with E-state index in [1.54, 1.807) is 23.7 Å². The van der Waals surface area contributed by atoms with Gasteiger partial charge < -0.3 is 20.7 Å². The fraction of sp³-hybridized carbons (Fsp3) is 0.316. The lowest BCUT2D eigenvalue weighted by Gasteiger charge is -2.24. The molecular formula is C19H22N6O2. The number of pyridine rings is 1. The van der Waals surface area contributed by atoms with Crippen LogP contribution in [-0.2, 0) is 4.74 Å². The van der Waals surface area contributed by atoms with E-state index in [0.29, 0.717) is 17.6 Å². The summed E-state index contributed by atoms with van der Waals surface area (Å²) in [6.07, 6.45) is 1.96. The number of aromatic nitrogens is 3. The van der Waals surface area contributed by atoms with Gasteiger partial charge in [0.2, 0.25) is 5.95 Å². The summed E-state index contributed by atoms with van der Waals surface area (Å²) in [6, 6.07) is 13.4. The highest BCUT2D eigenvalue weighted by Crippen LogP contribution is 2.19. The summed E-state index contributed by atoms with van der Waals surface area (Å²) < 4.78 is 7.22. The van der Waals surface area contributed by atoms with Gasteiger partial charge in [-0.2, -0.15) is 9.50 Å². The number of carbonyl (C=O) groups excluding carboxylic acids is 1. The number of hydrogen-bond donors (Lipinski definition) is 3. The van der Waals surface area contributed by atoms with Crippen molar-refractivity contribution >= 4 is 29.0 Å². The molecule has 3 N–H and O–H groups in total. The van der Waals surface area contributed by atoms with E-state index in [0.717, 1.165) is 43.2 Å². The monoisotopic (exact) mass is 366 g/mol. The number of rotatable bonds is 5. The van der Waals surface area contributed by atoms with Gasteiger partial charge in [0.15, 0.2) is 5.65 Å². The Morgan fingerprint density at radius 2 is 1.93 bits per heavy atom. The predicted octanol–water partition coefficient (Wildman–Crippen LogP) is 2.42. The zero-order valence-corrected chi connectivity index (χ0v) is 15.1. The second-order valence-electron chi connectivity index (χ2n) is 6.43. The summed E-state index contributed by atoms with van der Waals surface area (Å²) in [5, 5.41) is 13.9. The molecule has 2 aromatic heterocycles. The lowest BCUT2D eigenvalue weighted by molar-refractivity contribution is 0.0903. The van der Waals surface area contributed by atoms with E-state index in [9.17, 15) is 4.79 Å². The Kier molecular flexibility index (Phi) is 4.88. The maximum Gasteiger partial charge on any atom is 0.251 e. The Hall–Kier alpha value is -3.13. The van der Waals surface area contributed by atoms with E-state index in [1.165, 1.54) is 0 Å². The smallest absolute Gasteiger partial charge is 0.251 e. The van der Waals surface area contributed by atoms with E-state index in [1.807, 2.05) is 30.3 Å². The average Bonchev–Trinajstić information content (AvgIpc) is 3.12. The third kappa shape index (κ3) is 3.85. The molecule has 4 rings (SSSR count).